The van der Waals surface area contributed by atoms with E-state index < -0.39 is 63.3 Å². The third kappa shape index (κ3) is 10.2. The molecule has 62 heavy (non-hydrogen) atoms. The van der Waals surface area contributed by atoms with Gasteiger partial charge in [-0.2, -0.15) is 0 Å². The van der Waals surface area contributed by atoms with Gasteiger partial charge in [-0.1, -0.05) is 99.8 Å². The van der Waals surface area contributed by atoms with Crippen molar-refractivity contribution in [3.8, 4) is 22.8 Å². The summed E-state index contributed by atoms with van der Waals surface area (Å²) in [5.74, 6) is -1.71. The van der Waals surface area contributed by atoms with Crippen LogP contribution < -0.4 is 30.1 Å². The van der Waals surface area contributed by atoms with Crippen molar-refractivity contribution < 1.29 is 37.1 Å². The lowest BCUT2D eigenvalue weighted by Gasteiger charge is -2.30. The van der Waals surface area contributed by atoms with Crippen LogP contribution in [-0.4, -0.2) is 86.0 Å². The molecule has 3 aliphatic rings. The van der Waals surface area contributed by atoms with Crippen molar-refractivity contribution >= 4 is 44.7 Å². The number of likely N-dealkylation sites (tertiary alicyclic amines) is 1. The van der Waals surface area contributed by atoms with Crippen LogP contribution >= 0.6 is 0 Å². The lowest BCUT2D eigenvalue weighted by atomic mass is 9.89. The number of nitrogens with one attached hydrogen (secondary N) is 4. The summed E-state index contributed by atoms with van der Waals surface area (Å²) in [4.78, 5) is 62.6. The van der Waals surface area contributed by atoms with Crippen LogP contribution in [0.5, 0.6) is 11.5 Å². The molecule has 4 N–H and O–H groups in total. The predicted octanol–water partition coefficient (Wildman–Crippen LogP) is 5.87. The lowest BCUT2D eigenvalue weighted by Crippen LogP contribution is -2.59. The van der Waals surface area contributed by atoms with Crippen molar-refractivity contribution in [2.45, 2.75) is 88.3 Å². The molecule has 5 amide bonds. The number of aromatic nitrogens is 1. The van der Waals surface area contributed by atoms with Crippen molar-refractivity contribution in [3.05, 3.63) is 103 Å². The Labute approximate surface area is 363 Å². The van der Waals surface area contributed by atoms with Gasteiger partial charge in [0.2, 0.25) is 21.8 Å². The van der Waals surface area contributed by atoms with Gasteiger partial charge in [-0.3, -0.25) is 19.1 Å². The Bertz CT molecular complexity index is 2390. The summed E-state index contributed by atoms with van der Waals surface area (Å²) in [6, 6.07) is 22.6. The van der Waals surface area contributed by atoms with Gasteiger partial charge in [0.25, 0.3) is 5.91 Å². The van der Waals surface area contributed by atoms with E-state index in [-0.39, 0.29) is 31.2 Å². The highest BCUT2D eigenvalue weighted by atomic mass is 32.2. The van der Waals surface area contributed by atoms with E-state index in [4.69, 9.17) is 14.5 Å². The summed E-state index contributed by atoms with van der Waals surface area (Å²) in [5.41, 5.74) is 0.972. The number of fused-ring (bicyclic) bond motifs is 1. The summed E-state index contributed by atoms with van der Waals surface area (Å²) in [6.07, 6.45) is 6.44. The van der Waals surface area contributed by atoms with E-state index in [2.05, 4.69) is 27.3 Å². The monoisotopic (exact) mass is 864 g/mol. The highest BCUT2D eigenvalue weighted by molar-refractivity contribution is 7.89. The molecular formula is C47H56N6O8S. The van der Waals surface area contributed by atoms with Gasteiger partial charge in [0.05, 0.1) is 30.6 Å². The quantitative estimate of drug-likeness (QED) is 0.100. The lowest BCUT2D eigenvalue weighted by molar-refractivity contribution is -0.131. The molecule has 3 aromatic carbocycles. The van der Waals surface area contributed by atoms with Gasteiger partial charge in [0.1, 0.15) is 35.2 Å². The Morgan fingerprint density at radius 2 is 1.68 bits per heavy atom. The number of pyridine rings is 1. The van der Waals surface area contributed by atoms with Gasteiger partial charge < -0.3 is 30.3 Å². The number of methoxy groups -OCH3 is 1. The van der Waals surface area contributed by atoms with Crippen LogP contribution in [0.25, 0.3) is 22.2 Å². The number of hydrogen-bond donors (Lipinski definition) is 4. The van der Waals surface area contributed by atoms with Crippen LogP contribution in [0, 0.1) is 17.8 Å². The summed E-state index contributed by atoms with van der Waals surface area (Å²) in [7, 11) is -2.58. The SMILES string of the molecule is C=CC1C[C@]1(NC(=O)[C@@H]1CC(Oc2cc(-c3ccccc3)nc3cc(OC)ccc23)CN1C(=O)N[C@H](C(=O)NCC1CCCCC1)C(C)C)C(=O)NS(=O)(=O)Cc1ccccc1. The Hall–Kier alpha value is -5.96. The predicted molar refractivity (Wildman–Crippen MR) is 236 cm³/mol. The number of carbonyl (C=O) groups is 4. The molecule has 2 unspecified atom stereocenters. The van der Waals surface area contributed by atoms with Gasteiger partial charge in [0.15, 0.2) is 0 Å². The van der Waals surface area contributed by atoms with Gasteiger partial charge in [0, 0.05) is 42.0 Å². The number of rotatable bonds is 16. The number of hydrogen-bond acceptors (Lipinski definition) is 9. The van der Waals surface area contributed by atoms with Crippen LogP contribution in [0.2, 0.25) is 0 Å². The fraction of sp³-hybridized carbons (Fsp3) is 0.426. The number of ether oxygens (including phenoxy) is 2. The Balaban J connectivity index is 1.15. The number of urea groups is 1. The maximum absolute atomic E-state index is 14.5. The number of amides is 5. The smallest absolute Gasteiger partial charge is 0.318 e. The second-order valence-corrected chi connectivity index (χ2v) is 18.7. The molecule has 4 aromatic rings. The van der Waals surface area contributed by atoms with Crippen LogP contribution in [-0.2, 0) is 30.2 Å². The van der Waals surface area contributed by atoms with E-state index in [1.165, 1.54) is 17.4 Å². The number of sulfonamides is 1. The average Bonchev–Trinajstić information content (AvgIpc) is 3.83. The molecule has 0 bridgehead atoms. The molecule has 7 rings (SSSR count). The molecule has 0 spiro atoms. The van der Waals surface area contributed by atoms with Gasteiger partial charge in [-0.25, -0.2) is 18.2 Å². The first-order valence-electron chi connectivity index (χ1n) is 21.4. The topological polar surface area (TPSA) is 185 Å². The minimum absolute atomic E-state index is 0.0167. The second kappa shape index (κ2) is 19.0. The zero-order chi connectivity index (χ0) is 44.0. The van der Waals surface area contributed by atoms with E-state index in [0.717, 1.165) is 31.2 Å². The summed E-state index contributed by atoms with van der Waals surface area (Å²) >= 11 is 0. The molecule has 2 heterocycles. The first-order chi connectivity index (χ1) is 29.8. The highest BCUT2D eigenvalue weighted by Crippen LogP contribution is 2.45. The van der Waals surface area contributed by atoms with Crippen molar-refractivity contribution in [2.24, 2.45) is 17.8 Å². The maximum Gasteiger partial charge on any atom is 0.318 e. The van der Waals surface area contributed by atoms with Crippen molar-refractivity contribution in [3.63, 3.8) is 0 Å². The van der Waals surface area contributed by atoms with E-state index >= 15 is 0 Å². The molecule has 1 saturated heterocycles. The first-order valence-corrected chi connectivity index (χ1v) is 23.0. The van der Waals surface area contributed by atoms with E-state index in [1.54, 1.807) is 49.6 Å². The van der Waals surface area contributed by atoms with Crippen molar-refractivity contribution in [1.82, 2.24) is 30.6 Å². The molecule has 328 valence electrons. The van der Waals surface area contributed by atoms with Crippen LogP contribution in [0.4, 0.5) is 4.79 Å². The number of benzene rings is 3. The van der Waals surface area contributed by atoms with Crippen LogP contribution in [0.1, 0.15) is 64.4 Å². The molecule has 1 aliphatic heterocycles. The first kappa shape index (κ1) is 44.1. The Morgan fingerprint density at radius 1 is 0.968 bits per heavy atom. The van der Waals surface area contributed by atoms with Gasteiger partial charge in [-0.05, 0) is 48.8 Å². The van der Waals surface area contributed by atoms with Crippen molar-refractivity contribution in [2.75, 3.05) is 20.2 Å². The van der Waals surface area contributed by atoms with E-state index in [0.29, 0.717) is 46.1 Å². The Kier molecular flexibility index (Phi) is 13.5. The molecule has 5 atom stereocenters. The standard InChI is InChI=1S/C47H56N6O8S/c1-5-34-26-47(34,45(56)52-62(58,59)29-32-17-11-7-12-18-32)51-43(54)40-24-36(28-53(40)46(57)50-42(30(2)3)44(55)48-27-31-15-9-6-10-16-31)61-41-25-38(33-19-13-8-14-20-33)49-39-23-35(60-4)21-22-37(39)41/h5,7-8,11-14,17-23,25,30-31,34,36,40,42H,1,6,9-10,15-16,24,26-29H2,2-4H3,(H,48,55)(H,50,57)(H,51,54)(H,52,56)/t34?,36?,40-,42-,47+/m0/s1. The van der Waals surface area contributed by atoms with Crippen LogP contribution in [0.3, 0.4) is 0 Å². The normalized spacial score (nSPS) is 21.7. The van der Waals surface area contributed by atoms with E-state index in [1.807, 2.05) is 56.3 Å². The molecule has 14 nitrogen and oxygen atoms in total. The molecular weight excluding hydrogens is 809 g/mol. The average molecular weight is 865 g/mol. The molecule has 15 heteroatoms. The molecule has 2 aliphatic carbocycles. The summed E-state index contributed by atoms with van der Waals surface area (Å²) in [6.45, 7) is 7.98. The van der Waals surface area contributed by atoms with Gasteiger partial charge in [-0.15, -0.1) is 6.58 Å². The minimum Gasteiger partial charge on any atom is -0.497 e. The van der Waals surface area contributed by atoms with Crippen LogP contribution in [0.15, 0.2) is 97.6 Å². The van der Waals surface area contributed by atoms with Crippen molar-refractivity contribution in [1.29, 1.82) is 0 Å². The summed E-state index contributed by atoms with van der Waals surface area (Å²) < 4.78 is 40.7. The number of nitrogens with zero attached hydrogens (tertiary/aromatic N) is 2. The zero-order valence-corrected chi connectivity index (χ0v) is 36.3. The second-order valence-electron chi connectivity index (χ2n) is 17.0. The fourth-order valence-corrected chi connectivity index (χ4v) is 9.76. The highest BCUT2D eigenvalue weighted by Gasteiger charge is 2.61. The molecule has 2 saturated carbocycles. The third-order valence-electron chi connectivity index (χ3n) is 12.2. The third-order valence-corrected chi connectivity index (χ3v) is 13.4. The molecule has 1 aromatic heterocycles. The largest absolute Gasteiger partial charge is 0.497 e. The van der Waals surface area contributed by atoms with E-state index in [9.17, 15) is 27.6 Å². The maximum atomic E-state index is 14.5. The Morgan fingerprint density at radius 3 is 2.34 bits per heavy atom. The minimum atomic E-state index is -4.15. The zero-order valence-electron chi connectivity index (χ0n) is 35.5. The molecule has 0 radical (unpaired) electrons. The van der Waals surface area contributed by atoms with Gasteiger partial charge >= 0.3 is 6.03 Å². The number of carbonyl (C=O) groups excluding carboxylic acids is 4. The fourth-order valence-electron chi connectivity index (χ4n) is 8.59. The summed E-state index contributed by atoms with van der Waals surface area (Å²) in [5, 5.41) is 9.47. The molecule has 3 fully saturated rings.